The van der Waals surface area contributed by atoms with Crippen molar-refractivity contribution >= 4 is 11.8 Å². The van der Waals surface area contributed by atoms with E-state index in [1.807, 2.05) is 11.8 Å². The van der Waals surface area contributed by atoms with Crippen molar-refractivity contribution in [3.05, 3.63) is 34.9 Å². The molecule has 17 heavy (non-hydrogen) atoms. The van der Waals surface area contributed by atoms with Crippen LogP contribution >= 0.6 is 11.8 Å². The predicted octanol–water partition coefficient (Wildman–Crippen LogP) is 3.67. The summed E-state index contributed by atoms with van der Waals surface area (Å²) in [5.74, 6) is 0. The van der Waals surface area contributed by atoms with Gasteiger partial charge in [-0.3, -0.25) is 0 Å². The SMILES string of the molecule is CSC(C)(C)c1ccc2c(c1)CCNC2(C)C. The number of fused-ring (bicyclic) bond motifs is 1. The third kappa shape index (κ3) is 2.38. The second kappa shape index (κ2) is 4.33. The molecule has 0 unspecified atom stereocenters. The van der Waals surface area contributed by atoms with Crippen LogP contribution in [-0.2, 0) is 16.7 Å². The summed E-state index contributed by atoms with van der Waals surface area (Å²) in [6, 6.07) is 7.02. The van der Waals surface area contributed by atoms with Crippen molar-refractivity contribution in [2.45, 2.75) is 44.4 Å². The van der Waals surface area contributed by atoms with Crippen molar-refractivity contribution in [2.75, 3.05) is 12.8 Å². The van der Waals surface area contributed by atoms with E-state index in [1.165, 1.54) is 16.7 Å². The first-order valence-corrected chi connectivity index (χ1v) is 7.53. The Kier molecular flexibility index (Phi) is 3.30. The fourth-order valence-corrected chi connectivity index (χ4v) is 2.87. The lowest BCUT2D eigenvalue weighted by molar-refractivity contribution is 0.382. The average molecular weight is 249 g/mol. The molecule has 0 fully saturated rings. The number of rotatable bonds is 2. The third-order valence-electron chi connectivity index (χ3n) is 3.95. The normalized spacial score (nSPS) is 18.9. The van der Waals surface area contributed by atoms with Crippen molar-refractivity contribution in [2.24, 2.45) is 0 Å². The van der Waals surface area contributed by atoms with Gasteiger partial charge in [0.15, 0.2) is 0 Å². The van der Waals surface area contributed by atoms with E-state index in [9.17, 15) is 0 Å². The van der Waals surface area contributed by atoms with Gasteiger partial charge in [0.05, 0.1) is 0 Å². The summed E-state index contributed by atoms with van der Waals surface area (Å²) in [4.78, 5) is 0. The summed E-state index contributed by atoms with van der Waals surface area (Å²) in [6.45, 7) is 10.2. The van der Waals surface area contributed by atoms with Gasteiger partial charge in [-0.1, -0.05) is 18.2 Å². The molecule has 0 aromatic heterocycles. The Morgan fingerprint density at radius 2 is 2.00 bits per heavy atom. The van der Waals surface area contributed by atoms with E-state index >= 15 is 0 Å². The molecule has 1 aromatic carbocycles. The van der Waals surface area contributed by atoms with Gasteiger partial charge < -0.3 is 5.32 Å². The molecule has 1 heterocycles. The Labute approximate surface area is 109 Å². The van der Waals surface area contributed by atoms with Crippen LogP contribution in [-0.4, -0.2) is 12.8 Å². The number of nitrogens with one attached hydrogen (secondary N) is 1. The standard InChI is InChI=1S/C15H23NS/c1-14(2)13-7-6-12(15(3,4)17-5)10-11(13)8-9-16-14/h6-7,10,16H,8-9H2,1-5H3. The maximum absolute atomic E-state index is 3.58. The highest BCUT2D eigenvalue weighted by Gasteiger charge is 2.28. The molecular weight excluding hydrogens is 226 g/mol. The van der Waals surface area contributed by atoms with Gasteiger partial charge in [0.1, 0.15) is 0 Å². The van der Waals surface area contributed by atoms with E-state index in [-0.39, 0.29) is 10.3 Å². The first-order valence-electron chi connectivity index (χ1n) is 6.31. The zero-order chi connectivity index (χ0) is 12.7. The van der Waals surface area contributed by atoms with E-state index in [0.29, 0.717) is 0 Å². The summed E-state index contributed by atoms with van der Waals surface area (Å²) in [5, 5.41) is 3.58. The second-order valence-corrected chi connectivity index (χ2v) is 7.32. The quantitative estimate of drug-likeness (QED) is 0.858. The van der Waals surface area contributed by atoms with Gasteiger partial charge >= 0.3 is 0 Å². The lowest BCUT2D eigenvalue weighted by Gasteiger charge is -2.35. The molecule has 0 saturated carbocycles. The van der Waals surface area contributed by atoms with Crippen LogP contribution in [0.25, 0.3) is 0 Å². The average Bonchev–Trinajstić information content (AvgIpc) is 2.28. The molecule has 0 saturated heterocycles. The van der Waals surface area contributed by atoms with Crippen LogP contribution in [0.3, 0.4) is 0 Å². The molecule has 1 aliphatic heterocycles. The van der Waals surface area contributed by atoms with E-state index in [0.717, 1.165) is 13.0 Å². The summed E-state index contributed by atoms with van der Waals surface area (Å²) in [5.41, 5.74) is 4.55. The van der Waals surface area contributed by atoms with Gasteiger partial charge in [0.2, 0.25) is 0 Å². The summed E-state index contributed by atoms with van der Waals surface area (Å²) >= 11 is 1.92. The molecule has 1 N–H and O–H groups in total. The monoisotopic (exact) mass is 249 g/mol. The third-order valence-corrected chi connectivity index (χ3v) is 5.20. The lowest BCUT2D eigenvalue weighted by atomic mass is 9.83. The van der Waals surface area contributed by atoms with Gasteiger partial charge in [-0.25, -0.2) is 0 Å². The molecule has 1 aliphatic rings. The van der Waals surface area contributed by atoms with Crippen LogP contribution in [0.5, 0.6) is 0 Å². The number of benzene rings is 1. The molecule has 0 radical (unpaired) electrons. The maximum Gasteiger partial charge on any atom is 0.0380 e. The minimum atomic E-state index is 0.121. The van der Waals surface area contributed by atoms with Gasteiger partial charge in [-0.05, 0) is 63.6 Å². The van der Waals surface area contributed by atoms with Crippen LogP contribution < -0.4 is 5.32 Å². The van der Waals surface area contributed by atoms with Crippen molar-refractivity contribution in [3.8, 4) is 0 Å². The Balaban J connectivity index is 2.45. The molecule has 0 bridgehead atoms. The summed E-state index contributed by atoms with van der Waals surface area (Å²) in [7, 11) is 0. The topological polar surface area (TPSA) is 12.0 Å². The molecule has 1 aromatic rings. The van der Waals surface area contributed by atoms with Gasteiger partial charge in [0, 0.05) is 10.3 Å². The fraction of sp³-hybridized carbons (Fsp3) is 0.600. The molecule has 2 rings (SSSR count). The molecule has 0 atom stereocenters. The molecular formula is C15H23NS. The van der Waals surface area contributed by atoms with E-state index in [2.05, 4.69) is 57.5 Å². The minimum Gasteiger partial charge on any atom is -0.307 e. The molecule has 0 amide bonds. The summed E-state index contributed by atoms with van der Waals surface area (Å²) < 4.78 is 0.212. The lowest BCUT2D eigenvalue weighted by Crippen LogP contribution is -2.42. The largest absolute Gasteiger partial charge is 0.307 e. The maximum atomic E-state index is 3.58. The van der Waals surface area contributed by atoms with Gasteiger partial charge in [-0.15, -0.1) is 0 Å². The highest BCUT2D eigenvalue weighted by molar-refractivity contribution is 7.99. The Morgan fingerprint density at radius 3 is 2.65 bits per heavy atom. The summed E-state index contributed by atoms with van der Waals surface area (Å²) in [6.07, 6.45) is 3.34. The van der Waals surface area contributed by atoms with Crippen LogP contribution in [0.1, 0.15) is 44.4 Å². The van der Waals surface area contributed by atoms with Gasteiger partial charge in [-0.2, -0.15) is 11.8 Å². The van der Waals surface area contributed by atoms with Crippen LogP contribution in [0.2, 0.25) is 0 Å². The zero-order valence-corrected chi connectivity index (χ0v) is 12.4. The minimum absolute atomic E-state index is 0.121. The van der Waals surface area contributed by atoms with Crippen LogP contribution in [0, 0.1) is 0 Å². The van der Waals surface area contributed by atoms with Crippen LogP contribution in [0.4, 0.5) is 0 Å². The first-order chi connectivity index (χ1) is 7.87. The highest BCUT2D eigenvalue weighted by Crippen LogP contribution is 2.37. The molecule has 0 spiro atoms. The van der Waals surface area contributed by atoms with Gasteiger partial charge in [0.25, 0.3) is 0 Å². The van der Waals surface area contributed by atoms with Crippen molar-refractivity contribution in [1.82, 2.24) is 5.32 Å². The number of thioether (sulfide) groups is 1. The Bertz CT molecular complexity index is 421. The molecule has 1 nitrogen and oxygen atoms in total. The smallest absolute Gasteiger partial charge is 0.0380 e. The van der Waals surface area contributed by atoms with E-state index in [1.54, 1.807) is 0 Å². The van der Waals surface area contributed by atoms with Crippen molar-refractivity contribution in [1.29, 1.82) is 0 Å². The van der Waals surface area contributed by atoms with Crippen molar-refractivity contribution in [3.63, 3.8) is 0 Å². The Hall–Kier alpha value is -0.470. The van der Waals surface area contributed by atoms with Crippen molar-refractivity contribution < 1.29 is 0 Å². The Morgan fingerprint density at radius 1 is 1.29 bits per heavy atom. The second-order valence-electron chi connectivity index (χ2n) is 5.89. The van der Waals surface area contributed by atoms with Crippen LogP contribution in [0.15, 0.2) is 18.2 Å². The van der Waals surface area contributed by atoms with E-state index < -0.39 is 0 Å². The molecule has 94 valence electrons. The molecule has 2 heteroatoms. The zero-order valence-electron chi connectivity index (χ0n) is 11.6. The van der Waals surface area contributed by atoms with E-state index in [4.69, 9.17) is 0 Å². The highest BCUT2D eigenvalue weighted by atomic mass is 32.2. The predicted molar refractivity (Wildman–Crippen MR) is 77.7 cm³/mol. The number of hydrogen-bond donors (Lipinski definition) is 1. The fourth-order valence-electron chi connectivity index (χ4n) is 2.51. The number of hydrogen-bond acceptors (Lipinski definition) is 2. The molecule has 0 aliphatic carbocycles. The first kappa shape index (κ1) is 13.0.